The van der Waals surface area contributed by atoms with Gasteiger partial charge in [0.25, 0.3) is 11.6 Å². The Morgan fingerprint density at radius 1 is 1.05 bits per heavy atom. The topological polar surface area (TPSA) is 138 Å². The molecule has 0 saturated carbocycles. The normalized spacial score (nSPS) is 19.0. The molecule has 0 aliphatic carbocycles. The van der Waals surface area contributed by atoms with Crippen molar-refractivity contribution < 1.29 is 29.1 Å². The van der Waals surface area contributed by atoms with Crippen LogP contribution in [0.4, 0.5) is 22.7 Å². The molecule has 0 aromatic heterocycles. The molecule has 2 fully saturated rings. The van der Waals surface area contributed by atoms with Crippen LogP contribution in [0.1, 0.15) is 22.8 Å². The van der Waals surface area contributed by atoms with Crippen LogP contribution in [0, 0.1) is 10.1 Å². The average molecular weight is 556 g/mol. The van der Waals surface area contributed by atoms with E-state index in [4.69, 9.17) is 21.1 Å². The van der Waals surface area contributed by atoms with Crippen LogP contribution in [0.15, 0.2) is 41.0 Å². The summed E-state index contributed by atoms with van der Waals surface area (Å²) in [6.45, 7) is 5.87. The van der Waals surface area contributed by atoms with Gasteiger partial charge in [-0.05, 0) is 37.3 Å². The van der Waals surface area contributed by atoms with E-state index < -0.39 is 16.8 Å². The van der Waals surface area contributed by atoms with Crippen molar-refractivity contribution in [3.8, 4) is 0 Å². The van der Waals surface area contributed by atoms with Gasteiger partial charge >= 0.3 is 5.97 Å². The second-order valence-corrected chi connectivity index (χ2v) is 9.59. The van der Waals surface area contributed by atoms with Gasteiger partial charge in [0.1, 0.15) is 5.69 Å². The minimum atomic E-state index is -1.23. The van der Waals surface area contributed by atoms with Crippen molar-refractivity contribution in [2.24, 2.45) is 5.10 Å². The maximum absolute atomic E-state index is 13.5. The molecule has 12 nitrogen and oxygen atoms in total. The second kappa shape index (κ2) is 11.0. The maximum atomic E-state index is 13.5. The van der Waals surface area contributed by atoms with Crippen LogP contribution in [0.3, 0.4) is 0 Å². The number of carboxylic acid groups (broad SMARTS) is 1. The number of amides is 1. The van der Waals surface area contributed by atoms with E-state index in [1.54, 1.807) is 13.0 Å². The summed E-state index contributed by atoms with van der Waals surface area (Å²) in [7, 11) is 0. The van der Waals surface area contributed by atoms with Gasteiger partial charge in [-0.25, -0.2) is 4.79 Å². The summed E-state index contributed by atoms with van der Waals surface area (Å²) in [5.74, 6) is -1.72. The minimum absolute atomic E-state index is 0.0391. The highest BCUT2D eigenvalue weighted by atomic mass is 35.5. The van der Waals surface area contributed by atoms with Crippen LogP contribution in [0.2, 0.25) is 5.02 Å². The molecule has 0 atom stereocenters. The number of carbonyl (C=O) groups is 2. The largest absolute Gasteiger partial charge is 0.478 e. The summed E-state index contributed by atoms with van der Waals surface area (Å²) in [5, 5.41) is 27.1. The Morgan fingerprint density at radius 3 is 2.26 bits per heavy atom. The SMILES string of the molecule is CC1=NN(c2ccc(Cl)c(C(=O)O)c2)C(=O)/C1=C\c1cc([N+](=O)[O-])c(N2CCOCC2)cc1N1CCOCC1. The third-order valence-corrected chi connectivity index (χ3v) is 7.14. The number of carbonyl (C=O) groups excluding carboxylic acids is 1. The summed E-state index contributed by atoms with van der Waals surface area (Å²) in [4.78, 5) is 40.8. The van der Waals surface area contributed by atoms with Gasteiger partial charge in [0.2, 0.25) is 0 Å². The quantitative estimate of drug-likeness (QED) is 0.323. The number of carboxylic acids is 1. The summed E-state index contributed by atoms with van der Waals surface area (Å²) in [5.41, 5.74) is 2.40. The molecule has 3 aliphatic heterocycles. The third-order valence-electron chi connectivity index (χ3n) is 6.81. The number of benzene rings is 2. The van der Waals surface area contributed by atoms with E-state index in [2.05, 4.69) is 10.0 Å². The lowest BCUT2D eigenvalue weighted by molar-refractivity contribution is -0.384. The van der Waals surface area contributed by atoms with Gasteiger partial charge in [0.15, 0.2) is 0 Å². The number of hydrogen-bond donors (Lipinski definition) is 1. The number of hydrazone groups is 1. The van der Waals surface area contributed by atoms with Crippen molar-refractivity contribution in [3.63, 3.8) is 0 Å². The van der Waals surface area contributed by atoms with Gasteiger partial charge < -0.3 is 24.4 Å². The molecule has 3 heterocycles. The van der Waals surface area contributed by atoms with E-state index in [0.717, 1.165) is 10.7 Å². The molecule has 5 rings (SSSR count). The van der Waals surface area contributed by atoms with E-state index in [0.29, 0.717) is 69.6 Å². The molecule has 3 aliphatic rings. The van der Waals surface area contributed by atoms with Crippen molar-refractivity contribution in [3.05, 3.63) is 62.2 Å². The van der Waals surface area contributed by atoms with Gasteiger partial charge in [0.05, 0.1) is 58.9 Å². The van der Waals surface area contributed by atoms with E-state index in [1.165, 1.54) is 24.3 Å². The first kappa shape index (κ1) is 26.6. The maximum Gasteiger partial charge on any atom is 0.337 e. The number of morpholine rings is 2. The molecule has 2 saturated heterocycles. The summed E-state index contributed by atoms with van der Waals surface area (Å²) in [6, 6.07) is 7.49. The van der Waals surface area contributed by atoms with Crippen molar-refractivity contribution in [1.29, 1.82) is 0 Å². The molecule has 1 amide bonds. The van der Waals surface area contributed by atoms with Gasteiger partial charge in [0, 0.05) is 43.5 Å². The van der Waals surface area contributed by atoms with E-state index in [-0.39, 0.29) is 27.5 Å². The van der Waals surface area contributed by atoms with Crippen LogP contribution in [0.5, 0.6) is 0 Å². The number of ether oxygens (including phenoxy) is 2. The fraction of sp³-hybridized carbons (Fsp3) is 0.346. The number of nitrogens with zero attached hydrogens (tertiary/aromatic N) is 5. The Kier molecular flexibility index (Phi) is 7.51. The van der Waals surface area contributed by atoms with Gasteiger partial charge in [-0.1, -0.05) is 11.6 Å². The van der Waals surface area contributed by atoms with Crippen LogP contribution in [-0.2, 0) is 14.3 Å². The predicted molar refractivity (Wildman–Crippen MR) is 146 cm³/mol. The van der Waals surface area contributed by atoms with Crippen LogP contribution < -0.4 is 14.8 Å². The zero-order valence-electron chi connectivity index (χ0n) is 21.1. The van der Waals surface area contributed by atoms with Crippen molar-refractivity contribution in [2.45, 2.75) is 6.92 Å². The molecule has 39 heavy (non-hydrogen) atoms. The first-order chi connectivity index (χ1) is 18.7. The van der Waals surface area contributed by atoms with Crippen molar-refractivity contribution in [2.75, 3.05) is 67.4 Å². The molecular weight excluding hydrogens is 530 g/mol. The molecule has 0 bridgehead atoms. The molecule has 13 heteroatoms. The van der Waals surface area contributed by atoms with E-state index in [9.17, 15) is 24.8 Å². The number of rotatable bonds is 6. The predicted octanol–water partition coefficient (Wildman–Crippen LogP) is 3.43. The first-order valence-corrected chi connectivity index (χ1v) is 12.7. The fourth-order valence-electron chi connectivity index (χ4n) is 4.80. The zero-order chi connectivity index (χ0) is 27.7. The minimum Gasteiger partial charge on any atom is -0.478 e. The smallest absolute Gasteiger partial charge is 0.337 e. The average Bonchev–Trinajstić information content (AvgIpc) is 3.22. The highest BCUT2D eigenvalue weighted by Gasteiger charge is 2.32. The number of aromatic carboxylic acids is 1. The van der Waals surface area contributed by atoms with Crippen LogP contribution in [-0.4, -0.2) is 80.2 Å². The van der Waals surface area contributed by atoms with E-state index >= 15 is 0 Å². The molecule has 0 spiro atoms. The molecule has 2 aromatic carbocycles. The van der Waals surface area contributed by atoms with Crippen LogP contribution >= 0.6 is 11.6 Å². The number of anilines is 3. The van der Waals surface area contributed by atoms with Crippen molar-refractivity contribution >= 4 is 58.0 Å². The van der Waals surface area contributed by atoms with Crippen molar-refractivity contribution in [1.82, 2.24) is 0 Å². The molecule has 0 unspecified atom stereocenters. The van der Waals surface area contributed by atoms with Gasteiger partial charge in [-0.15, -0.1) is 0 Å². The number of halogens is 1. The monoisotopic (exact) mass is 555 g/mol. The Bertz CT molecular complexity index is 1400. The lowest BCUT2D eigenvalue weighted by Crippen LogP contribution is -2.38. The Morgan fingerprint density at radius 2 is 1.67 bits per heavy atom. The van der Waals surface area contributed by atoms with Gasteiger partial charge in [-0.3, -0.25) is 14.9 Å². The summed E-state index contributed by atoms with van der Waals surface area (Å²) >= 11 is 5.99. The van der Waals surface area contributed by atoms with E-state index in [1.807, 2.05) is 11.0 Å². The zero-order valence-corrected chi connectivity index (χ0v) is 21.9. The molecule has 0 radical (unpaired) electrons. The highest BCUT2D eigenvalue weighted by Crippen LogP contribution is 2.38. The first-order valence-electron chi connectivity index (χ1n) is 12.4. The lowest BCUT2D eigenvalue weighted by atomic mass is 10.0. The Balaban J connectivity index is 1.58. The molecule has 2 aromatic rings. The fourth-order valence-corrected chi connectivity index (χ4v) is 5.00. The molecule has 204 valence electrons. The second-order valence-electron chi connectivity index (χ2n) is 9.19. The Hall–Kier alpha value is -4.00. The summed E-state index contributed by atoms with van der Waals surface area (Å²) in [6.07, 6.45) is 1.61. The van der Waals surface area contributed by atoms with Gasteiger partial charge in [-0.2, -0.15) is 10.1 Å². The number of nitro groups is 1. The number of hydrogen-bond acceptors (Lipinski definition) is 9. The Labute approximate surface area is 228 Å². The summed E-state index contributed by atoms with van der Waals surface area (Å²) < 4.78 is 10.9. The standard InChI is InChI=1S/C26H26ClN5O7/c1-16-19(25(33)31(28-16)18-2-3-21(27)20(14-18)26(34)35)12-17-13-24(32(36)37)23(30-6-10-39-11-7-30)15-22(17)29-4-8-38-9-5-29/h2-3,12-15H,4-11H2,1H3,(H,34,35)/b19-12-. The lowest BCUT2D eigenvalue weighted by Gasteiger charge is -2.33. The van der Waals surface area contributed by atoms with Crippen LogP contribution in [0.25, 0.3) is 6.08 Å². The highest BCUT2D eigenvalue weighted by molar-refractivity contribution is 6.34. The number of nitro benzene ring substituents is 1. The molecule has 1 N–H and O–H groups in total. The third kappa shape index (κ3) is 5.31. The molecular formula is C26H26ClN5O7.